The van der Waals surface area contributed by atoms with Gasteiger partial charge >= 0.3 is 0 Å². The summed E-state index contributed by atoms with van der Waals surface area (Å²) in [6.45, 7) is 3.02. The van der Waals surface area contributed by atoms with E-state index in [0.29, 0.717) is 30.3 Å². The van der Waals surface area contributed by atoms with Crippen LogP contribution in [0.3, 0.4) is 0 Å². The lowest BCUT2D eigenvalue weighted by atomic mass is 10.1. The number of para-hydroxylation sites is 1. The molecule has 156 valence electrons. The summed E-state index contributed by atoms with van der Waals surface area (Å²) in [6, 6.07) is 19.1. The van der Waals surface area contributed by atoms with Crippen molar-refractivity contribution in [3.05, 3.63) is 90.4 Å². The molecule has 1 N–H and O–H groups in total. The maximum atomic E-state index is 13.2. The van der Waals surface area contributed by atoms with E-state index in [1.165, 1.54) is 0 Å². The van der Waals surface area contributed by atoms with Crippen molar-refractivity contribution in [1.82, 2.24) is 19.7 Å². The van der Waals surface area contributed by atoms with Gasteiger partial charge in [-0.15, -0.1) is 0 Å². The van der Waals surface area contributed by atoms with Crippen molar-refractivity contribution in [2.24, 2.45) is 0 Å². The lowest BCUT2D eigenvalue weighted by Crippen LogP contribution is -2.27. The number of hydrogen-bond donors (Lipinski definition) is 1. The number of fused-ring (bicyclic) bond motifs is 1. The number of amides is 1. The maximum Gasteiger partial charge on any atom is 0.257 e. The molecule has 4 aromatic rings. The zero-order valence-corrected chi connectivity index (χ0v) is 17.1. The molecule has 1 aliphatic rings. The van der Waals surface area contributed by atoms with Crippen LogP contribution in [0.4, 0.5) is 0 Å². The highest BCUT2D eigenvalue weighted by molar-refractivity contribution is 5.97. The summed E-state index contributed by atoms with van der Waals surface area (Å²) in [4.78, 5) is 13.2. The Hall–Kier alpha value is -4.00. The van der Waals surface area contributed by atoms with E-state index >= 15 is 0 Å². The highest BCUT2D eigenvalue weighted by atomic mass is 16.6. The maximum absolute atomic E-state index is 13.2. The highest BCUT2D eigenvalue weighted by Gasteiger charge is 2.22. The summed E-state index contributed by atoms with van der Waals surface area (Å²) < 4.78 is 14.9. The number of ether oxygens (including phenoxy) is 2. The molecule has 7 nitrogen and oxygen atoms in total. The van der Waals surface area contributed by atoms with Crippen molar-refractivity contribution in [2.45, 2.75) is 13.0 Å². The number of carbonyl (C=O) groups excluding carboxylic acids is 1. The fourth-order valence-corrected chi connectivity index (χ4v) is 3.67. The Morgan fingerprint density at radius 2 is 1.74 bits per heavy atom. The smallest absolute Gasteiger partial charge is 0.257 e. The third kappa shape index (κ3) is 3.66. The summed E-state index contributed by atoms with van der Waals surface area (Å²) in [5.41, 5.74) is 2.31. The molecule has 0 saturated carbocycles. The summed E-state index contributed by atoms with van der Waals surface area (Å²) >= 11 is 0. The Balaban J connectivity index is 1.45. The molecule has 2 aromatic heterocycles. The van der Waals surface area contributed by atoms with Gasteiger partial charge in [0.05, 0.1) is 17.9 Å². The van der Waals surface area contributed by atoms with Gasteiger partial charge in [0.2, 0.25) is 0 Å². The van der Waals surface area contributed by atoms with Crippen LogP contribution in [-0.4, -0.2) is 33.5 Å². The Kier molecular flexibility index (Phi) is 4.92. The van der Waals surface area contributed by atoms with Crippen molar-refractivity contribution in [3.8, 4) is 23.0 Å². The standard InChI is InChI=1S/C24H22N4O3/c1-17(18-9-10-21-22(15-18)31-14-13-30-21)26-23(29)20-16-25-28(19-7-3-2-4-8-19)24(20)27-11-5-6-12-27/h2-12,15-17H,13-14H2,1H3,(H,26,29)/t17-/m1/s1. The van der Waals surface area contributed by atoms with Crippen LogP contribution in [0.2, 0.25) is 0 Å². The summed E-state index contributed by atoms with van der Waals surface area (Å²) in [5.74, 6) is 1.92. The quantitative estimate of drug-likeness (QED) is 0.537. The van der Waals surface area contributed by atoms with Crippen LogP contribution in [0.25, 0.3) is 11.5 Å². The van der Waals surface area contributed by atoms with Gasteiger partial charge in [-0.05, 0) is 48.9 Å². The predicted octanol–water partition coefficient (Wildman–Crippen LogP) is 3.93. The molecule has 0 fully saturated rings. The second kappa shape index (κ2) is 8.02. The lowest BCUT2D eigenvalue weighted by Gasteiger charge is -2.21. The average Bonchev–Trinajstić information content (AvgIpc) is 3.49. The number of benzene rings is 2. The number of rotatable bonds is 5. The Labute approximate surface area is 179 Å². The Bertz CT molecular complexity index is 1200. The molecule has 0 radical (unpaired) electrons. The zero-order chi connectivity index (χ0) is 21.2. The third-order valence-electron chi connectivity index (χ3n) is 5.25. The number of nitrogens with zero attached hydrogens (tertiary/aromatic N) is 3. The van der Waals surface area contributed by atoms with Crippen molar-refractivity contribution in [3.63, 3.8) is 0 Å². The molecule has 5 rings (SSSR count). The molecule has 0 unspecified atom stereocenters. The molecule has 31 heavy (non-hydrogen) atoms. The second-order valence-electron chi connectivity index (χ2n) is 7.32. The van der Waals surface area contributed by atoms with Gasteiger partial charge in [0, 0.05) is 12.4 Å². The molecular formula is C24H22N4O3. The van der Waals surface area contributed by atoms with E-state index in [2.05, 4.69) is 10.4 Å². The molecule has 0 spiro atoms. The molecule has 2 aromatic carbocycles. The molecule has 7 heteroatoms. The van der Waals surface area contributed by atoms with Gasteiger partial charge in [0.15, 0.2) is 17.3 Å². The van der Waals surface area contributed by atoms with Gasteiger partial charge in [-0.25, -0.2) is 4.68 Å². The summed E-state index contributed by atoms with van der Waals surface area (Å²) in [6.07, 6.45) is 5.41. The van der Waals surface area contributed by atoms with E-state index in [1.54, 1.807) is 10.9 Å². The topological polar surface area (TPSA) is 70.3 Å². The van der Waals surface area contributed by atoms with Crippen LogP contribution in [0.1, 0.15) is 28.9 Å². The van der Waals surface area contributed by atoms with Gasteiger partial charge < -0.3 is 19.4 Å². The number of nitrogens with one attached hydrogen (secondary N) is 1. The molecule has 1 aliphatic heterocycles. The fourth-order valence-electron chi connectivity index (χ4n) is 3.67. The molecule has 0 aliphatic carbocycles. The first kappa shape index (κ1) is 19.0. The van der Waals surface area contributed by atoms with E-state index < -0.39 is 0 Å². The van der Waals surface area contributed by atoms with Gasteiger partial charge in [0.1, 0.15) is 18.8 Å². The highest BCUT2D eigenvalue weighted by Crippen LogP contribution is 2.32. The fraction of sp³-hybridized carbons (Fsp3) is 0.167. The first-order valence-corrected chi connectivity index (χ1v) is 10.2. The van der Waals surface area contributed by atoms with Crippen molar-refractivity contribution < 1.29 is 14.3 Å². The average molecular weight is 414 g/mol. The predicted molar refractivity (Wildman–Crippen MR) is 116 cm³/mol. The van der Waals surface area contributed by atoms with Crippen LogP contribution in [0, 0.1) is 0 Å². The molecule has 3 heterocycles. The molecule has 0 saturated heterocycles. The van der Waals surface area contributed by atoms with E-state index in [-0.39, 0.29) is 11.9 Å². The molecule has 0 bridgehead atoms. The number of carbonyl (C=O) groups is 1. The van der Waals surface area contributed by atoms with Crippen molar-refractivity contribution >= 4 is 5.91 Å². The van der Waals surface area contributed by atoms with E-state index in [0.717, 1.165) is 17.0 Å². The van der Waals surface area contributed by atoms with Gasteiger partial charge in [-0.3, -0.25) is 4.79 Å². The molecule has 1 atom stereocenters. The van der Waals surface area contributed by atoms with Gasteiger partial charge in [-0.1, -0.05) is 24.3 Å². The SMILES string of the molecule is C[C@@H](NC(=O)c1cnn(-c2ccccc2)c1-n1cccc1)c1ccc2c(c1)OCCO2. The van der Waals surface area contributed by atoms with E-state index in [1.807, 2.05) is 84.5 Å². The minimum atomic E-state index is -0.221. The minimum absolute atomic E-state index is 0.201. The third-order valence-corrected chi connectivity index (χ3v) is 5.25. The summed E-state index contributed by atoms with van der Waals surface area (Å²) in [5, 5.41) is 7.58. The van der Waals surface area contributed by atoms with Crippen molar-refractivity contribution in [1.29, 1.82) is 0 Å². The monoisotopic (exact) mass is 414 g/mol. The normalized spacial score (nSPS) is 13.6. The second-order valence-corrected chi connectivity index (χ2v) is 7.32. The Morgan fingerprint density at radius 1 is 1.00 bits per heavy atom. The first-order chi connectivity index (χ1) is 15.2. The lowest BCUT2D eigenvalue weighted by molar-refractivity contribution is 0.0939. The molecular weight excluding hydrogens is 392 g/mol. The van der Waals surface area contributed by atoms with Crippen LogP contribution in [0.15, 0.2) is 79.3 Å². The zero-order valence-electron chi connectivity index (χ0n) is 17.1. The number of aromatic nitrogens is 3. The van der Waals surface area contributed by atoms with Gasteiger partial charge in [0.25, 0.3) is 5.91 Å². The van der Waals surface area contributed by atoms with Crippen molar-refractivity contribution in [2.75, 3.05) is 13.2 Å². The van der Waals surface area contributed by atoms with Crippen LogP contribution < -0.4 is 14.8 Å². The van der Waals surface area contributed by atoms with E-state index in [9.17, 15) is 4.79 Å². The Morgan fingerprint density at radius 3 is 2.52 bits per heavy atom. The van der Waals surface area contributed by atoms with E-state index in [4.69, 9.17) is 9.47 Å². The largest absolute Gasteiger partial charge is 0.486 e. The van der Waals surface area contributed by atoms with Gasteiger partial charge in [-0.2, -0.15) is 5.10 Å². The molecule has 1 amide bonds. The van der Waals surface area contributed by atoms with Crippen LogP contribution in [0.5, 0.6) is 11.5 Å². The number of hydrogen-bond acceptors (Lipinski definition) is 4. The van der Waals surface area contributed by atoms with Crippen LogP contribution >= 0.6 is 0 Å². The first-order valence-electron chi connectivity index (χ1n) is 10.2. The minimum Gasteiger partial charge on any atom is -0.486 e. The van der Waals surface area contributed by atoms with Crippen LogP contribution in [-0.2, 0) is 0 Å². The summed E-state index contributed by atoms with van der Waals surface area (Å²) in [7, 11) is 0.